The Kier molecular flexibility index (Phi) is 6.02. The lowest BCUT2D eigenvalue weighted by Gasteiger charge is -2.19. The van der Waals surface area contributed by atoms with Crippen LogP contribution in [0.4, 0.5) is 11.4 Å². The number of hydrogen-bond donors (Lipinski definition) is 2. The molecule has 0 fully saturated rings. The van der Waals surface area contributed by atoms with E-state index in [4.69, 9.17) is 9.84 Å². The number of aryl methyl sites for hydroxylation is 2. The van der Waals surface area contributed by atoms with Crippen LogP contribution in [-0.4, -0.2) is 47.8 Å². The van der Waals surface area contributed by atoms with E-state index in [0.29, 0.717) is 35.5 Å². The number of aldehydes is 1. The van der Waals surface area contributed by atoms with Crippen molar-refractivity contribution in [3.05, 3.63) is 66.5 Å². The molecule has 4 heterocycles. The molecule has 5 aromatic rings. The highest BCUT2D eigenvalue weighted by Gasteiger charge is 2.23. The number of carbonyl (C=O) groups is 2. The van der Waals surface area contributed by atoms with Crippen LogP contribution in [-0.2, 0) is 25.5 Å². The molecule has 0 saturated heterocycles. The lowest BCUT2D eigenvalue weighted by molar-refractivity contribution is -0.116. The maximum Gasteiger partial charge on any atom is 0.226 e. The maximum absolute atomic E-state index is 12.6. The smallest absolute Gasteiger partial charge is 0.226 e. The van der Waals surface area contributed by atoms with E-state index >= 15 is 0 Å². The van der Waals surface area contributed by atoms with Gasteiger partial charge >= 0.3 is 0 Å². The molecule has 11 nitrogen and oxygen atoms in total. The highest BCUT2D eigenvalue weighted by atomic mass is 16.5. The van der Waals surface area contributed by atoms with Crippen molar-refractivity contribution in [1.82, 2.24) is 29.5 Å². The van der Waals surface area contributed by atoms with Crippen molar-refractivity contribution in [2.75, 3.05) is 10.6 Å². The molecule has 196 valence electrons. The summed E-state index contributed by atoms with van der Waals surface area (Å²) in [5, 5.41) is 16.6. The van der Waals surface area contributed by atoms with E-state index in [0.717, 1.165) is 39.0 Å². The molecule has 1 atom stereocenters. The number of carbonyl (C=O) groups excluding carboxylic acids is 2. The second kappa shape index (κ2) is 9.67. The first-order chi connectivity index (χ1) is 18.9. The monoisotopic (exact) mass is 522 g/mol. The van der Waals surface area contributed by atoms with Crippen LogP contribution in [0.3, 0.4) is 0 Å². The Morgan fingerprint density at radius 2 is 1.92 bits per heavy atom. The van der Waals surface area contributed by atoms with Gasteiger partial charge in [-0.3, -0.25) is 19.0 Å². The lowest BCUT2D eigenvalue weighted by Crippen LogP contribution is -2.19. The van der Waals surface area contributed by atoms with Crippen LogP contribution in [0.15, 0.2) is 55.1 Å². The van der Waals surface area contributed by atoms with Crippen LogP contribution in [0.2, 0.25) is 0 Å². The third-order valence-electron chi connectivity index (χ3n) is 6.64. The van der Waals surface area contributed by atoms with E-state index in [9.17, 15) is 9.59 Å². The molecule has 1 unspecified atom stereocenters. The van der Waals surface area contributed by atoms with Crippen molar-refractivity contribution < 1.29 is 14.3 Å². The summed E-state index contributed by atoms with van der Waals surface area (Å²) >= 11 is 0. The first-order valence-corrected chi connectivity index (χ1v) is 12.5. The SMILES string of the molecule is CC1CC(=O)Nc2cc(OCc3ncc(C=O)cn3)cc(-c3ccc4c(c3)c(-c3cnn(C)c3)nn4C)c2N1. The maximum atomic E-state index is 12.6. The Balaban J connectivity index is 1.45. The van der Waals surface area contributed by atoms with Gasteiger partial charge in [0.1, 0.15) is 18.1 Å². The van der Waals surface area contributed by atoms with E-state index in [1.807, 2.05) is 50.1 Å². The largest absolute Gasteiger partial charge is 0.486 e. The normalized spacial score (nSPS) is 14.8. The van der Waals surface area contributed by atoms with E-state index < -0.39 is 0 Å². The molecule has 0 saturated carbocycles. The molecular weight excluding hydrogens is 496 g/mol. The van der Waals surface area contributed by atoms with Crippen molar-refractivity contribution in [3.8, 4) is 28.1 Å². The Labute approximate surface area is 223 Å². The van der Waals surface area contributed by atoms with Crippen molar-refractivity contribution in [3.63, 3.8) is 0 Å². The minimum Gasteiger partial charge on any atom is -0.486 e. The number of ether oxygens (including phenoxy) is 1. The number of fused-ring (bicyclic) bond motifs is 2. The van der Waals surface area contributed by atoms with Crippen molar-refractivity contribution >= 4 is 34.5 Å². The van der Waals surface area contributed by atoms with Gasteiger partial charge < -0.3 is 15.4 Å². The predicted octanol–water partition coefficient (Wildman–Crippen LogP) is 3.96. The number of aromatic nitrogens is 6. The molecule has 11 heteroatoms. The standard InChI is InChI=1S/C28H26N8O3/c1-16-6-26(38)33-23-9-20(39-15-25-29-10-17(14-37)11-30-25)8-21(28(23)32-16)18-4-5-24-22(7-18)27(34-36(24)3)19-12-31-35(2)13-19/h4-5,7-14,16,32H,6,15H2,1-3H3,(H,33,38). The quantitative estimate of drug-likeness (QED) is 0.321. The molecule has 39 heavy (non-hydrogen) atoms. The fourth-order valence-corrected chi connectivity index (χ4v) is 4.80. The van der Waals surface area contributed by atoms with Gasteiger partial charge in [0.25, 0.3) is 0 Å². The number of rotatable bonds is 6. The number of nitrogens with zero attached hydrogens (tertiary/aromatic N) is 6. The summed E-state index contributed by atoms with van der Waals surface area (Å²) in [6, 6.07) is 9.86. The summed E-state index contributed by atoms with van der Waals surface area (Å²) in [6.45, 7) is 2.08. The van der Waals surface area contributed by atoms with Gasteiger partial charge in [0, 0.05) is 67.7 Å². The average molecular weight is 523 g/mol. The van der Waals surface area contributed by atoms with Crippen LogP contribution in [0.25, 0.3) is 33.3 Å². The summed E-state index contributed by atoms with van der Waals surface area (Å²) in [7, 11) is 3.80. The van der Waals surface area contributed by atoms with Gasteiger partial charge in [0.05, 0.1) is 28.7 Å². The third-order valence-corrected chi connectivity index (χ3v) is 6.64. The van der Waals surface area contributed by atoms with E-state index in [1.54, 1.807) is 16.9 Å². The topological polar surface area (TPSA) is 129 Å². The van der Waals surface area contributed by atoms with Gasteiger partial charge in [0.2, 0.25) is 5.91 Å². The first-order valence-electron chi connectivity index (χ1n) is 12.5. The van der Waals surface area contributed by atoms with Crippen LogP contribution in [0.1, 0.15) is 29.5 Å². The fourth-order valence-electron chi connectivity index (χ4n) is 4.80. The zero-order valence-corrected chi connectivity index (χ0v) is 21.7. The number of amides is 1. The van der Waals surface area contributed by atoms with E-state index in [2.05, 4.69) is 31.8 Å². The molecule has 1 amide bonds. The molecule has 0 spiro atoms. The van der Waals surface area contributed by atoms with Crippen LogP contribution >= 0.6 is 0 Å². The van der Waals surface area contributed by atoms with Crippen molar-refractivity contribution in [2.45, 2.75) is 26.0 Å². The number of anilines is 2. The predicted molar refractivity (Wildman–Crippen MR) is 146 cm³/mol. The number of nitrogens with one attached hydrogen (secondary N) is 2. The van der Waals surface area contributed by atoms with E-state index in [-0.39, 0.29) is 18.6 Å². The molecule has 6 rings (SSSR count). The molecule has 1 aliphatic heterocycles. The minimum atomic E-state index is -0.0776. The summed E-state index contributed by atoms with van der Waals surface area (Å²) in [6.07, 6.45) is 7.69. The number of benzene rings is 2. The zero-order valence-electron chi connectivity index (χ0n) is 21.7. The minimum absolute atomic E-state index is 0.0606. The molecular formula is C28H26N8O3. The number of hydrogen-bond acceptors (Lipinski definition) is 8. The van der Waals surface area contributed by atoms with Gasteiger partial charge in [-0.05, 0) is 30.7 Å². The van der Waals surface area contributed by atoms with Crippen molar-refractivity contribution in [2.24, 2.45) is 14.1 Å². The molecule has 0 aliphatic carbocycles. The average Bonchev–Trinajstić information content (AvgIpc) is 3.46. The Morgan fingerprint density at radius 3 is 2.67 bits per heavy atom. The first kappa shape index (κ1) is 24.3. The summed E-state index contributed by atoms with van der Waals surface area (Å²) in [5.74, 6) is 0.902. The Hall–Kier alpha value is -5.06. The molecule has 0 bridgehead atoms. The van der Waals surface area contributed by atoms with Crippen LogP contribution in [0.5, 0.6) is 5.75 Å². The van der Waals surface area contributed by atoms with Crippen LogP contribution < -0.4 is 15.4 Å². The molecule has 3 aromatic heterocycles. The second-order valence-electron chi connectivity index (χ2n) is 9.64. The fraction of sp³-hybridized carbons (Fsp3) is 0.214. The van der Waals surface area contributed by atoms with Crippen LogP contribution in [0, 0.1) is 0 Å². The van der Waals surface area contributed by atoms with Gasteiger partial charge in [-0.1, -0.05) is 6.07 Å². The molecule has 2 N–H and O–H groups in total. The summed E-state index contributed by atoms with van der Waals surface area (Å²) in [5.41, 5.74) is 6.40. The molecule has 2 aromatic carbocycles. The van der Waals surface area contributed by atoms with Gasteiger partial charge in [0.15, 0.2) is 12.1 Å². The second-order valence-corrected chi connectivity index (χ2v) is 9.64. The highest BCUT2D eigenvalue weighted by molar-refractivity contribution is 6.03. The van der Waals surface area contributed by atoms with Crippen molar-refractivity contribution in [1.29, 1.82) is 0 Å². The lowest BCUT2D eigenvalue weighted by atomic mass is 9.98. The molecule has 1 aliphatic rings. The summed E-state index contributed by atoms with van der Waals surface area (Å²) in [4.78, 5) is 31.8. The van der Waals surface area contributed by atoms with Gasteiger partial charge in [-0.2, -0.15) is 10.2 Å². The van der Waals surface area contributed by atoms with Gasteiger partial charge in [-0.15, -0.1) is 0 Å². The zero-order chi connectivity index (χ0) is 27.1. The van der Waals surface area contributed by atoms with Gasteiger partial charge in [-0.25, -0.2) is 9.97 Å². The highest BCUT2D eigenvalue weighted by Crippen LogP contribution is 2.42. The summed E-state index contributed by atoms with van der Waals surface area (Å²) < 4.78 is 9.68. The molecule has 0 radical (unpaired) electrons. The third kappa shape index (κ3) is 4.70. The Bertz CT molecular complexity index is 1720. The van der Waals surface area contributed by atoms with E-state index in [1.165, 1.54) is 12.4 Å². The Morgan fingerprint density at radius 1 is 1.10 bits per heavy atom.